The van der Waals surface area contributed by atoms with E-state index >= 15 is 0 Å². The van der Waals surface area contributed by atoms with Crippen molar-refractivity contribution in [2.75, 3.05) is 13.6 Å². The van der Waals surface area contributed by atoms with Crippen LogP contribution in [0.25, 0.3) is 0 Å². The van der Waals surface area contributed by atoms with Gasteiger partial charge in [-0.05, 0) is 37.6 Å². The first-order valence-corrected chi connectivity index (χ1v) is 5.33. The average Bonchev–Trinajstić information content (AvgIpc) is 2.36. The van der Waals surface area contributed by atoms with E-state index in [1.54, 1.807) is 0 Å². The number of hydrogen-bond acceptors (Lipinski definition) is 1. The maximum absolute atomic E-state index is 3.36. The summed E-state index contributed by atoms with van der Waals surface area (Å²) in [4.78, 5) is 0. The van der Waals surface area contributed by atoms with E-state index in [0.29, 0.717) is 5.41 Å². The highest BCUT2D eigenvalue weighted by atomic mass is 14.8. The second-order valence-electron chi connectivity index (χ2n) is 4.84. The van der Waals surface area contributed by atoms with Crippen molar-refractivity contribution in [3.05, 3.63) is 0 Å². The van der Waals surface area contributed by atoms with Crippen LogP contribution in [-0.4, -0.2) is 13.6 Å². The molecular formula is C11H23N. The van der Waals surface area contributed by atoms with Gasteiger partial charge in [0.1, 0.15) is 0 Å². The van der Waals surface area contributed by atoms with E-state index in [2.05, 4.69) is 26.2 Å². The SMILES string of the molecule is CNCC1(CC(C)C)CCCC1. The fraction of sp³-hybridized carbons (Fsp3) is 1.00. The Morgan fingerprint density at radius 1 is 1.25 bits per heavy atom. The summed E-state index contributed by atoms with van der Waals surface area (Å²) in [5.74, 6) is 0.858. The van der Waals surface area contributed by atoms with Crippen molar-refractivity contribution in [3.8, 4) is 0 Å². The molecule has 0 atom stereocenters. The summed E-state index contributed by atoms with van der Waals surface area (Å²) in [6, 6.07) is 0. The topological polar surface area (TPSA) is 12.0 Å². The molecule has 0 bridgehead atoms. The molecule has 0 heterocycles. The van der Waals surface area contributed by atoms with E-state index in [9.17, 15) is 0 Å². The van der Waals surface area contributed by atoms with Crippen LogP contribution in [0.15, 0.2) is 0 Å². The summed E-state index contributed by atoms with van der Waals surface area (Å²) in [6.07, 6.45) is 7.22. The zero-order valence-electron chi connectivity index (χ0n) is 8.82. The molecule has 1 fully saturated rings. The molecule has 0 radical (unpaired) electrons. The Labute approximate surface area is 76.9 Å². The van der Waals surface area contributed by atoms with Crippen LogP contribution < -0.4 is 5.32 Å². The van der Waals surface area contributed by atoms with Crippen LogP contribution in [-0.2, 0) is 0 Å². The number of hydrogen-bond donors (Lipinski definition) is 1. The van der Waals surface area contributed by atoms with E-state index in [1.165, 1.54) is 38.6 Å². The molecular weight excluding hydrogens is 146 g/mol. The van der Waals surface area contributed by atoms with E-state index in [0.717, 1.165) is 5.92 Å². The summed E-state index contributed by atoms with van der Waals surface area (Å²) in [5.41, 5.74) is 0.656. The van der Waals surface area contributed by atoms with Crippen molar-refractivity contribution in [2.45, 2.75) is 46.0 Å². The average molecular weight is 169 g/mol. The lowest BCUT2D eigenvalue weighted by Gasteiger charge is -2.30. The van der Waals surface area contributed by atoms with Gasteiger partial charge >= 0.3 is 0 Å². The Bertz CT molecular complexity index is 123. The third kappa shape index (κ3) is 2.48. The number of rotatable bonds is 4. The van der Waals surface area contributed by atoms with Crippen LogP contribution in [0, 0.1) is 11.3 Å². The minimum atomic E-state index is 0.656. The first kappa shape index (κ1) is 10.0. The molecule has 1 aliphatic carbocycles. The van der Waals surface area contributed by atoms with Gasteiger partial charge in [-0.3, -0.25) is 0 Å². The largest absolute Gasteiger partial charge is 0.319 e. The van der Waals surface area contributed by atoms with Gasteiger partial charge in [-0.15, -0.1) is 0 Å². The standard InChI is InChI=1S/C11H23N/c1-10(2)8-11(9-12-3)6-4-5-7-11/h10,12H,4-9H2,1-3H3. The van der Waals surface area contributed by atoms with E-state index in [1.807, 2.05) is 0 Å². The molecule has 0 amide bonds. The van der Waals surface area contributed by atoms with Crippen molar-refractivity contribution in [2.24, 2.45) is 11.3 Å². The van der Waals surface area contributed by atoms with Crippen LogP contribution in [0.1, 0.15) is 46.0 Å². The number of nitrogens with one attached hydrogen (secondary N) is 1. The summed E-state index contributed by atoms with van der Waals surface area (Å²) in [6.45, 7) is 5.91. The van der Waals surface area contributed by atoms with Gasteiger partial charge in [0.05, 0.1) is 0 Å². The fourth-order valence-corrected chi connectivity index (χ4v) is 2.82. The molecule has 0 aliphatic heterocycles. The van der Waals surface area contributed by atoms with Gasteiger partial charge in [0, 0.05) is 6.54 Å². The second-order valence-corrected chi connectivity index (χ2v) is 4.84. The molecule has 1 heteroatoms. The van der Waals surface area contributed by atoms with Crippen molar-refractivity contribution in [3.63, 3.8) is 0 Å². The quantitative estimate of drug-likeness (QED) is 0.682. The smallest absolute Gasteiger partial charge is 0.000490 e. The van der Waals surface area contributed by atoms with E-state index in [4.69, 9.17) is 0 Å². The Kier molecular flexibility index (Phi) is 3.57. The Balaban J connectivity index is 2.46. The maximum Gasteiger partial charge on any atom is 0.000490 e. The van der Waals surface area contributed by atoms with Crippen LogP contribution in [0.3, 0.4) is 0 Å². The normalized spacial score (nSPS) is 22.0. The van der Waals surface area contributed by atoms with Gasteiger partial charge in [-0.25, -0.2) is 0 Å². The Hall–Kier alpha value is -0.0400. The molecule has 0 spiro atoms. The van der Waals surface area contributed by atoms with Crippen LogP contribution in [0.2, 0.25) is 0 Å². The maximum atomic E-state index is 3.36. The van der Waals surface area contributed by atoms with Crippen molar-refractivity contribution < 1.29 is 0 Å². The van der Waals surface area contributed by atoms with Crippen LogP contribution in [0.4, 0.5) is 0 Å². The molecule has 72 valence electrons. The Morgan fingerprint density at radius 2 is 1.83 bits per heavy atom. The third-order valence-corrected chi connectivity index (χ3v) is 3.06. The van der Waals surface area contributed by atoms with Crippen molar-refractivity contribution >= 4 is 0 Å². The predicted octanol–water partition coefficient (Wildman–Crippen LogP) is 2.81. The molecule has 0 aromatic carbocycles. The highest BCUT2D eigenvalue weighted by Gasteiger charge is 2.33. The minimum Gasteiger partial charge on any atom is -0.319 e. The lowest BCUT2D eigenvalue weighted by Crippen LogP contribution is -2.31. The summed E-state index contributed by atoms with van der Waals surface area (Å²) in [5, 5.41) is 3.36. The highest BCUT2D eigenvalue weighted by Crippen LogP contribution is 2.42. The molecule has 1 aliphatic rings. The third-order valence-electron chi connectivity index (χ3n) is 3.06. The van der Waals surface area contributed by atoms with Gasteiger partial charge < -0.3 is 5.32 Å². The molecule has 1 nitrogen and oxygen atoms in total. The van der Waals surface area contributed by atoms with Crippen molar-refractivity contribution in [1.82, 2.24) is 5.32 Å². The van der Waals surface area contributed by atoms with Gasteiger partial charge in [0.15, 0.2) is 0 Å². The molecule has 0 saturated heterocycles. The fourth-order valence-electron chi connectivity index (χ4n) is 2.82. The summed E-state index contributed by atoms with van der Waals surface area (Å²) >= 11 is 0. The van der Waals surface area contributed by atoms with Crippen molar-refractivity contribution in [1.29, 1.82) is 0 Å². The highest BCUT2D eigenvalue weighted by molar-refractivity contribution is 4.86. The van der Waals surface area contributed by atoms with Gasteiger partial charge in [-0.1, -0.05) is 26.7 Å². The molecule has 0 unspecified atom stereocenters. The summed E-state index contributed by atoms with van der Waals surface area (Å²) < 4.78 is 0. The Morgan fingerprint density at radius 3 is 2.25 bits per heavy atom. The predicted molar refractivity (Wildman–Crippen MR) is 54.3 cm³/mol. The lowest BCUT2D eigenvalue weighted by molar-refractivity contribution is 0.229. The monoisotopic (exact) mass is 169 g/mol. The van der Waals surface area contributed by atoms with Crippen LogP contribution >= 0.6 is 0 Å². The first-order valence-electron chi connectivity index (χ1n) is 5.33. The van der Waals surface area contributed by atoms with Gasteiger partial charge in [0.2, 0.25) is 0 Å². The zero-order valence-corrected chi connectivity index (χ0v) is 8.82. The molecule has 1 saturated carbocycles. The van der Waals surface area contributed by atoms with E-state index < -0.39 is 0 Å². The zero-order chi connectivity index (χ0) is 9.03. The van der Waals surface area contributed by atoms with E-state index in [-0.39, 0.29) is 0 Å². The second kappa shape index (κ2) is 4.27. The molecule has 0 aromatic rings. The minimum absolute atomic E-state index is 0.656. The first-order chi connectivity index (χ1) is 5.68. The molecule has 1 rings (SSSR count). The van der Waals surface area contributed by atoms with Gasteiger partial charge in [-0.2, -0.15) is 0 Å². The molecule has 0 aromatic heterocycles. The molecule has 12 heavy (non-hydrogen) atoms. The lowest BCUT2D eigenvalue weighted by atomic mass is 9.78. The van der Waals surface area contributed by atoms with Crippen LogP contribution in [0.5, 0.6) is 0 Å². The summed E-state index contributed by atoms with van der Waals surface area (Å²) in [7, 11) is 2.08. The van der Waals surface area contributed by atoms with Gasteiger partial charge in [0.25, 0.3) is 0 Å². The molecule has 1 N–H and O–H groups in total.